The highest BCUT2D eigenvalue weighted by atomic mass is 19.2. The first-order valence-electron chi connectivity index (χ1n) is 15.2. The van der Waals surface area contributed by atoms with Gasteiger partial charge in [0.15, 0.2) is 35.4 Å². The molecule has 1 aliphatic carbocycles. The molecular weight excluding hydrogens is 616 g/mol. The third-order valence-electron chi connectivity index (χ3n) is 9.06. The number of benzene rings is 3. The molecule has 0 aromatic heterocycles. The van der Waals surface area contributed by atoms with Crippen LogP contribution < -0.4 is 4.90 Å². The molecule has 240 valence electrons. The van der Waals surface area contributed by atoms with E-state index in [4.69, 9.17) is 5.10 Å². The van der Waals surface area contributed by atoms with Crippen LogP contribution in [0.5, 0.6) is 0 Å². The van der Waals surface area contributed by atoms with Gasteiger partial charge in [0.1, 0.15) is 12.2 Å². The summed E-state index contributed by atoms with van der Waals surface area (Å²) < 4.78 is 57.2. The fourth-order valence-corrected chi connectivity index (χ4v) is 6.71. The zero-order chi connectivity index (χ0) is 33.1. The van der Waals surface area contributed by atoms with E-state index < -0.39 is 71.3 Å². The number of fused-ring (bicyclic) bond motifs is 2. The number of anilines is 1. The molecular formula is C34H28F4N6O3. The monoisotopic (exact) mass is 644 g/mol. The summed E-state index contributed by atoms with van der Waals surface area (Å²) in [5, 5.41) is 14.8. The Balaban J connectivity index is 1.20. The molecule has 47 heavy (non-hydrogen) atoms. The summed E-state index contributed by atoms with van der Waals surface area (Å²) in [7, 11) is 0. The maximum atomic E-state index is 14.6. The number of aryl methyl sites for hydroxylation is 2. The molecule has 1 saturated heterocycles. The highest BCUT2D eigenvalue weighted by Gasteiger charge is 2.57. The second-order valence-corrected chi connectivity index (χ2v) is 12.2. The predicted molar refractivity (Wildman–Crippen MR) is 163 cm³/mol. The van der Waals surface area contributed by atoms with Gasteiger partial charge in [-0.15, -0.1) is 0 Å². The number of carbonyl (C=O) groups excluding carboxylic acids is 3. The van der Waals surface area contributed by atoms with Crippen LogP contribution in [0.15, 0.2) is 75.6 Å². The molecule has 3 amide bonds. The Labute approximate surface area is 266 Å². The van der Waals surface area contributed by atoms with Crippen LogP contribution in [0.2, 0.25) is 0 Å². The first-order chi connectivity index (χ1) is 22.5. The molecule has 0 spiro atoms. The third kappa shape index (κ3) is 5.09. The fraction of sp³-hybridized carbons (Fsp3) is 0.294. The van der Waals surface area contributed by atoms with Crippen molar-refractivity contribution in [3.05, 3.63) is 106 Å². The molecule has 3 aromatic carbocycles. The molecule has 4 aliphatic rings. The Morgan fingerprint density at radius 2 is 1.53 bits per heavy atom. The van der Waals surface area contributed by atoms with E-state index in [0.29, 0.717) is 0 Å². The zero-order valence-corrected chi connectivity index (χ0v) is 25.3. The number of amides is 3. The zero-order valence-electron chi connectivity index (χ0n) is 25.3. The number of hydrogen-bond donors (Lipinski definition) is 0. The van der Waals surface area contributed by atoms with Gasteiger partial charge in [-0.1, -0.05) is 64.9 Å². The van der Waals surface area contributed by atoms with Crippen LogP contribution in [-0.2, 0) is 14.4 Å². The number of halogens is 4. The summed E-state index contributed by atoms with van der Waals surface area (Å²) in [6, 6.07) is 12.3. The van der Waals surface area contributed by atoms with E-state index >= 15 is 0 Å². The summed E-state index contributed by atoms with van der Waals surface area (Å²) in [5.74, 6) is -10.5. The molecule has 0 N–H and O–H groups in total. The van der Waals surface area contributed by atoms with E-state index in [1.165, 1.54) is 5.01 Å². The summed E-state index contributed by atoms with van der Waals surface area (Å²) in [4.78, 5) is 40.6. The molecule has 13 heteroatoms. The van der Waals surface area contributed by atoms with Gasteiger partial charge in [0.05, 0.1) is 11.8 Å². The Kier molecular flexibility index (Phi) is 7.48. The van der Waals surface area contributed by atoms with Crippen molar-refractivity contribution in [1.29, 1.82) is 0 Å². The maximum absolute atomic E-state index is 14.6. The minimum atomic E-state index is -1.91. The molecule has 1 saturated carbocycles. The van der Waals surface area contributed by atoms with Gasteiger partial charge in [0.2, 0.25) is 0 Å². The molecule has 3 aliphatic heterocycles. The average molecular weight is 645 g/mol. The number of hydrazone groups is 1. The van der Waals surface area contributed by atoms with Crippen molar-refractivity contribution in [2.45, 2.75) is 51.2 Å². The first-order valence-corrected chi connectivity index (χ1v) is 15.2. The van der Waals surface area contributed by atoms with Crippen LogP contribution in [0.3, 0.4) is 0 Å². The van der Waals surface area contributed by atoms with Gasteiger partial charge in [0.25, 0.3) is 17.7 Å². The summed E-state index contributed by atoms with van der Waals surface area (Å²) >= 11 is 0. The van der Waals surface area contributed by atoms with Gasteiger partial charge in [-0.25, -0.2) is 27.5 Å². The van der Waals surface area contributed by atoms with Crippen LogP contribution in [-0.4, -0.2) is 52.1 Å². The summed E-state index contributed by atoms with van der Waals surface area (Å²) in [5.41, 5.74) is 4.37. The minimum absolute atomic E-state index is 0.0221. The number of nitrogens with zero attached hydrogens (tertiary/aromatic N) is 6. The van der Waals surface area contributed by atoms with Crippen LogP contribution in [0, 0.1) is 43.0 Å². The van der Waals surface area contributed by atoms with Gasteiger partial charge in [0, 0.05) is 12.0 Å². The molecule has 7 rings (SSSR count). The van der Waals surface area contributed by atoms with E-state index in [1.807, 2.05) is 62.4 Å². The summed E-state index contributed by atoms with van der Waals surface area (Å²) in [6.07, 6.45) is 4.52. The van der Waals surface area contributed by atoms with E-state index in [-0.39, 0.29) is 16.9 Å². The lowest BCUT2D eigenvalue weighted by Gasteiger charge is -2.30. The van der Waals surface area contributed by atoms with E-state index in [2.05, 4.69) is 16.4 Å². The van der Waals surface area contributed by atoms with Gasteiger partial charge < -0.3 is 0 Å². The van der Waals surface area contributed by atoms with Crippen LogP contribution in [0.4, 0.5) is 23.2 Å². The van der Waals surface area contributed by atoms with Crippen molar-refractivity contribution in [1.82, 2.24) is 10.0 Å². The topological polar surface area (TPSA) is 98.0 Å². The van der Waals surface area contributed by atoms with Crippen molar-refractivity contribution < 1.29 is 31.9 Å². The fourth-order valence-electron chi connectivity index (χ4n) is 6.71. The average Bonchev–Trinajstić information content (AvgIpc) is 3.72. The smallest absolute Gasteiger partial charge is 0.264 e. The second-order valence-electron chi connectivity index (χ2n) is 12.2. The lowest BCUT2D eigenvalue weighted by Crippen LogP contribution is -2.45. The third-order valence-corrected chi connectivity index (χ3v) is 9.06. The number of hydrogen-bond acceptors (Lipinski definition) is 7. The number of carbonyl (C=O) groups is 3. The predicted octanol–water partition coefficient (Wildman–Crippen LogP) is 5.98. The molecule has 0 radical (unpaired) electrons. The van der Waals surface area contributed by atoms with E-state index in [9.17, 15) is 31.9 Å². The molecule has 2 fully saturated rings. The Bertz CT molecular complexity index is 1880. The van der Waals surface area contributed by atoms with Crippen molar-refractivity contribution in [2.75, 3.05) is 11.4 Å². The number of rotatable bonds is 5. The normalized spacial score (nSPS) is 24.3. The number of imide groups is 1. The SMILES string of the molecule is Cc1ccc(C=C2CCCC3C2=NN(C(=O)CN2N=NC4C(=O)N(c5c(F)c(F)cc(F)c5F)C(=O)C42)C3c2ccc(C)cc2)cc1. The Hall–Kier alpha value is -5.20. The van der Waals surface area contributed by atoms with E-state index in [1.54, 1.807) is 0 Å². The Morgan fingerprint density at radius 1 is 0.894 bits per heavy atom. The van der Waals surface area contributed by atoms with Crippen molar-refractivity contribution >= 4 is 35.2 Å². The highest BCUT2D eigenvalue weighted by Crippen LogP contribution is 2.45. The summed E-state index contributed by atoms with van der Waals surface area (Å²) in [6.45, 7) is 3.42. The Morgan fingerprint density at radius 3 is 2.19 bits per heavy atom. The van der Waals surface area contributed by atoms with Gasteiger partial charge in [-0.3, -0.25) is 19.4 Å². The van der Waals surface area contributed by atoms with Gasteiger partial charge in [-0.05, 0) is 55.9 Å². The van der Waals surface area contributed by atoms with Crippen molar-refractivity contribution in [3.63, 3.8) is 0 Å². The van der Waals surface area contributed by atoms with Gasteiger partial charge >= 0.3 is 0 Å². The molecule has 4 unspecified atom stereocenters. The lowest BCUT2D eigenvalue weighted by atomic mass is 9.77. The number of allylic oxidation sites excluding steroid dienone is 1. The molecule has 0 bridgehead atoms. The van der Waals surface area contributed by atoms with E-state index in [0.717, 1.165) is 57.8 Å². The molecule has 9 nitrogen and oxygen atoms in total. The van der Waals surface area contributed by atoms with Crippen LogP contribution in [0.1, 0.15) is 47.6 Å². The largest absolute Gasteiger partial charge is 0.271 e. The van der Waals surface area contributed by atoms with Crippen LogP contribution >= 0.6 is 0 Å². The van der Waals surface area contributed by atoms with Gasteiger partial charge in [-0.2, -0.15) is 10.2 Å². The molecule has 3 aromatic rings. The molecule has 4 atom stereocenters. The first kappa shape index (κ1) is 30.5. The van der Waals surface area contributed by atoms with Crippen molar-refractivity contribution in [2.24, 2.45) is 21.4 Å². The lowest BCUT2D eigenvalue weighted by molar-refractivity contribution is -0.136. The highest BCUT2D eigenvalue weighted by molar-refractivity contribution is 6.25. The maximum Gasteiger partial charge on any atom is 0.264 e. The van der Waals surface area contributed by atoms with Crippen molar-refractivity contribution in [3.8, 4) is 0 Å². The molecule has 3 heterocycles. The standard InChI is InChI=1S/C34H28F4N6O3/c1-17-6-10-19(11-7-17)14-21-4-3-5-22-28(21)40-44(30(22)20-12-8-18(2)9-13-20)25(45)16-42-32-29(39-41-42)33(46)43(34(32)47)31-26(37)23(35)15-24(36)27(31)38/h6-15,22,29-30,32H,3-5,16H2,1-2H3. The minimum Gasteiger partial charge on any atom is -0.271 e. The van der Waals surface area contributed by atoms with Crippen LogP contribution in [0.25, 0.3) is 6.08 Å². The second kappa shape index (κ2) is 11.6. The quantitative estimate of drug-likeness (QED) is 0.194.